The maximum atomic E-state index is 10.8. The van der Waals surface area contributed by atoms with Gasteiger partial charge in [-0.25, -0.2) is 0 Å². The molecule has 0 fully saturated rings. The Morgan fingerprint density at radius 1 is 1.14 bits per heavy atom. The molecule has 0 unspecified atom stereocenters. The number of hydrogen-bond acceptors (Lipinski definition) is 2. The van der Waals surface area contributed by atoms with Crippen LogP contribution in [0, 0.1) is 10.3 Å². The summed E-state index contributed by atoms with van der Waals surface area (Å²) in [6.07, 6.45) is 0.948. The van der Waals surface area contributed by atoms with Crippen molar-refractivity contribution in [2.45, 2.75) is 66.5 Å². The van der Waals surface area contributed by atoms with Gasteiger partial charge in [-0.3, -0.25) is 5.01 Å². The lowest BCUT2D eigenvalue weighted by Crippen LogP contribution is -2.46. The van der Waals surface area contributed by atoms with Gasteiger partial charge in [0.15, 0.2) is 0 Å². The molecule has 84 valence electrons. The lowest BCUT2D eigenvalue weighted by atomic mass is 9.81. The van der Waals surface area contributed by atoms with Crippen LogP contribution in [0.5, 0.6) is 0 Å². The molecule has 0 radical (unpaired) electrons. The van der Waals surface area contributed by atoms with E-state index in [2.05, 4.69) is 39.9 Å². The first-order valence-electron chi connectivity index (χ1n) is 5.23. The molecule has 0 spiro atoms. The van der Waals surface area contributed by atoms with Gasteiger partial charge in [0, 0.05) is 6.04 Å². The Morgan fingerprint density at radius 3 is 1.79 bits per heavy atom. The van der Waals surface area contributed by atoms with Crippen LogP contribution < -0.4 is 0 Å². The number of nitroso groups, excluding NO2 is 1. The maximum absolute atomic E-state index is 10.8. The van der Waals surface area contributed by atoms with Crippen LogP contribution in [-0.4, -0.2) is 16.6 Å². The summed E-state index contributed by atoms with van der Waals surface area (Å²) in [5, 5.41) is 4.78. The number of hydrogen-bond donors (Lipinski definition) is 0. The summed E-state index contributed by atoms with van der Waals surface area (Å²) in [5.74, 6) is 0. The van der Waals surface area contributed by atoms with Crippen LogP contribution >= 0.6 is 0 Å². The highest BCUT2D eigenvalue weighted by molar-refractivity contribution is 4.85. The predicted molar refractivity (Wildman–Crippen MR) is 60.9 cm³/mol. The van der Waals surface area contributed by atoms with Crippen LogP contribution in [0.3, 0.4) is 0 Å². The smallest absolute Gasteiger partial charge is 0.0563 e. The summed E-state index contributed by atoms with van der Waals surface area (Å²) in [7, 11) is 0. The predicted octanol–water partition coefficient (Wildman–Crippen LogP) is 3.59. The highest BCUT2D eigenvalue weighted by Gasteiger charge is 2.33. The SMILES string of the molecule is CC(C)N(N=O)C(C)(C)CC(C)(C)C. The summed E-state index contributed by atoms with van der Waals surface area (Å²) in [5.41, 5.74) is 0.0372. The molecule has 0 aliphatic rings. The highest BCUT2D eigenvalue weighted by Crippen LogP contribution is 2.32. The highest BCUT2D eigenvalue weighted by atomic mass is 16.3. The van der Waals surface area contributed by atoms with E-state index < -0.39 is 0 Å². The van der Waals surface area contributed by atoms with Gasteiger partial charge in [-0.1, -0.05) is 20.8 Å². The Labute approximate surface area is 87.8 Å². The van der Waals surface area contributed by atoms with Gasteiger partial charge in [0.25, 0.3) is 0 Å². The summed E-state index contributed by atoms with van der Waals surface area (Å²) in [6, 6.07) is 0.157. The molecule has 0 aliphatic carbocycles. The minimum absolute atomic E-state index is 0.157. The molecule has 0 atom stereocenters. The fourth-order valence-electron chi connectivity index (χ4n) is 2.28. The van der Waals surface area contributed by atoms with E-state index in [1.165, 1.54) is 0 Å². The van der Waals surface area contributed by atoms with E-state index in [0.29, 0.717) is 0 Å². The maximum Gasteiger partial charge on any atom is 0.0563 e. The van der Waals surface area contributed by atoms with Crippen molar-refractivity contribution in [1.82, 2.24) is 5.01 Å². The average molecular weight is 200 g/mol. The van der Waals surface area contributed by atoms with Gasteiger partial charge in [0.1, 0.15) is 0 Å². The summed E-state index contributed by atoms with van der Waals surface area (Å²) < 4.78 is 0. The molecule has 0 rings (SSSR count). The normalized spacial score (nSPS) is 13.1. The Morgan fingerprint density at radius 2 is 1.57 bits per heavy atom. The third kappa shape index (κ3) is 4.07. The molecule has 0 N–H and O–H groups in total. The van der Waals surface area contributed by atoms with Crippen molar-refractivity contribution in [3.63, 3.8) is 0 Å². The third-order valence-electron chi connectivity index (χ3n) is 2.16. The van der Waals surface area contributed by atoms with E-state index in [4.69, 9.17) is 0 Å². The number of nitrogens with zero attached hydrogens (tertiary/aromatic N) is 2. The molecule has 0 saturated heterocycles. The van der Waals surface area contributed by atoms with E-state index in [9.17, 15) is 4.91 Å². The first-order valence-corrected chi connectivity index (χ1v) is 5.23. The van der Waals surface area contributed by atoms with E-state index in [1.807, 2.05) is 13.8 Å². The molecule has 0 heterocycles. The summed E-state index contributed by atoms with van der Waals surface area (Å²) in [6.45, 7) is 14.7. The fraction of sp³-hybridized carbons (Fsp3) is 1.00. The van der Waals surface area contributed by atoms with E-state index >= 15 is 0 Å². The van der Waals surface area contributed by atoms with Crippen LogP contribution in [0.1, 0.15) is 54.9 Å². The second-order valence-corrected chi connectivity index (χ2v) is 6.07. The zero-order valence-electron chi connectivity index (χ0n) is 10.6. The van der Waals surface area contributed by atoms with Crippen molar-refractivity contribution in [3.05, 3.63) is 4.91 Å². The van der Waals surface area contributed by atoms with Gasteiger partial charge in [0.05, 0.1) is 10.8 Å². The molecule has 0 aromatic carbocycles. The monoisotopic (exact) mass is 200 g/mol. The van der Waals surface area contributed by atoms with Gasteiger partial charge in [-0.15, -0.1) is 4.91 Å². The Balaban J connectivity index is 4.65. The molecule has 3 nitrogen and oxygen atoms in total. The van der Waals surface area contributed by atoms with Gasteiger partial charge < -0.3 is 0 Å². The zero-order chi connectivity index (χ0) is 11.6. The van der Waals surface area contributed by atoms with Crippen LogP contribution in [0.15, 0.2) is 5.29 Å². The second kappa shape index (κ2) is 4.28. The molecule has 14 heavy (non-hydrogen) atoms. The van der Waals surface area contributed by atoms with Crippen LogP contribution in [-0.2, 0) is 0 Å². The van der Waals surface area contributed by atoms with Gasteiger partial charge in [-0.05, 0) is 39.5 Å². The molecular weight excluding hydrogens is 176 g/mol. The fourth-order valence-corrected chi connectivity index (χ4v) is 2.28. The van der Waals surface area contributed by atoms with E-state index in [1.54, 1.807) is 5.01 Å². The van der Waals surface area contributed by atoms with E-state index in [-0.39, 0.29) is 17.0 Å². The molecule has 0 aliphatic heterocycles. The molecule has 0 amide bonds. The zero-order valence-corrected chi connectivity index (χ0v) is 10.6. The van der Waals surface area contributed by atoms with Crippen molar-refractivity contribution in [2.24, 2.45) is 10.7 Å². The van der Waals surface area contributed by atoms with Gasteiger partial charge in [0.2, 0.25) is 0 Å². The van der Waals surface area contributed by atoms with Crippen LogP contribution in [0.4, 0.5) is 0 Å². The molecule has 0 aromatic heterocycles. The molecular formula is C11H24N2O. The second-order valence-electron chi connectivity index (χ2n) is 6.07. The van der Waals surface area contributed by atoms with Crippen LogP contribution in [0.2, 0.25) is 0 Å². The average Bonchev–Trinajstić information content (AvgIpc) is 1.79. The molecule has 0 bridgehead atoms. The lowest BCUT2D eigenvalue weighted by molar-refractivity contribution is 0.0502. The largest absolute Gasteiger partial charge is 0.253 e. The minimum atomic E-state index is -0.172. The van der Waals surface area contributed by atoms with Crippen molar-refractivity contribution in [2.75, 3.05) is 0 Å². The first-order chi connectivity index (χ1) is 6.10. The summed E-state index contributed by atoms with van der Waals surface area (Å²) >= 11 is 0. The van der Waals surface area contributed by atoms with Gasteiger partial charge in [-0.2, -0.15) is 0 Å². The van der Waals surface area contributed by atoms with Gasteiger partial charge >= 0.3 is 0 Å². The van der Waals surface area contributed by atoms with Crippen molar-refractivity contribution >= 4 is 0 Å². The molecule has 3 heteroatoms. The first kappa shape index (κ1) is 13.4. The lowest BCUT2D eigenvalue weighted by Gasteiger charge is -2.40. The standard InChI is InChI=1S/C11H24N2O/c1-9(2)13(12-14)11(6,7)8-10(3,4)5/h9H,8H2,1-7H3. The van der Waals surface area contributed by atoms with Crippen LogP contribution in [0.25, 0.3) is 0 Å². The Hall–Kier alpha value is -0.600. The molecule has 0 saturated carbocycles. The topological polar surface area (TPSA) is 32.7 Å². The quantitative estimate of drug-likeness (QED) is 0.513. The molecule has 0 aromatic rings. The van der Waals surface area contributed by atoms with Crippen molar-refractivity contribution in [1.29, 1.82) is 0 Å². The van der Waals surface area contributed by atoms with Crippen molar-refractivity contribution in [3.8, 4) is 0 Å². The minimum Gasteiger partial charge on any atom is -0.253 e. The van der Waals surface area contributed by atoms with E-state index in [0.717, 1.165) is 6.42 Å². The Bertz CT molecular complexity index is 192. The van der Waals surface area contributed by atoms with Crippen molar-refractivity contribution < 1.29 is 0 Å². The number of rotatable bonds is 4. The summed E-state index contributed by atoms with van der Waals surface area (Å²) in [4.78, 5) is 10.8. The Kier molecular flexibility index (Phi) is 4.10. The third-order valence-corrected chi connectivity index (χ3v) is 2.16.